The lowest BCUT2D eigenvalue weighted by molar-refractivity contribution is -0.141. The van der Waals surface area contributed by atoms with Crippen molar-refractivity contribution in [3.8, 4) is 5.75 Å². The second-order valence-corrected chi connectivity index (χ2v) is 10.3. The quantitative estimate of drug-likeness (QED) is 0.273. The number of unbranched alkanes of at least 4 members (excludes halogenated alkanes) is 1. The monoisotopic (exact) mass is 523 g/mol. The lowest BCUT2D eigenvalue weighted by Crippen LogP contribution is -2.54. The number of aromatic hydroxyl groups is 1. The number of phenolic OH excluding ortho intramolecular Hbond substituents is 1. The first kappa shape index (κ1) is 30.4. The average Bonchev–Trinajstić information content (AvgIpc) is 2.84. The van der Waals surface area contributed by atoms with Crippen LogP contribution >= 0.6 is 0 Å². The Bertz CT molecular complexity index is 1090. The highest BCUT2D eigenvalue weighted by molar-refractivity contribution is 5.92. The largest absolute Gasteiger partial charge is 0.508 e. The van der Waals surface area contributed by atoms with Gasteiger partial charge in [-0.3, -0.25) is 9.59 Å². The van der Waals surface area contributed by atoms with E-state index in [0.717, 1.165) is 24.0 Å². The number of aryl methyl sites for hydroxylation is 1. The Morgan fingerprint density at radius 2 is 1.76 bits per heavy atom. The van der Waals surface area contributed by atoms with Crippen LogP contribution in [0, 0.1) is 6.92 Å². The summed E-state index contributed by atoms with van der Waals surface area (Å²) in [6.45, 7) is 13.5. The summed E-state index contributed by atoms with van der Waals surface area (Å²) in [4.78, 5) is 41.9. The van der Waals surface area contributed by atoms with Gasteiger partial charge in [0.05, 0.1) is 0 Å². The zero-order valence-electron chi connectivity index (χ0n) is 23.1. The van der Waals surface area contributed by atoms with Crippen LogP contribution in [0.15, 0.2) is 61.2 Å². The Morgan fingerprint density at radius 1 is 1.11 bits per heavy atom. The summed E-state index contributed by atoms with van der Waals surface area (Å²) in [6, 6.07) is 11.9. The minimum Gasteiger partial charge on any atom is -0.508 e. The predicted molar refractivity (Wildman–Crippen MR) is 149 cm³/mol. The highest BCUT2D eigenvalue weighted by atomic mass is 16.6. The number of carbonyl (C=O) groups excluding carboxylic acids is 3. The number of benzene rings is 2. The summed E-state index contributed by atoms with van der Waals surface area (Å²) in [5.74, 6) is -0.667. The number of nitrogens with zero attached hydrogens (tertiary/aromatic N) is 1. The Kier molecular flexibility index (Phi) is 11.4. The molecule has 0 spiro atoms. The highest BCUT2D eigenvalue weighted by Crippen LogP contribution is 2.26. The van der Waals surface area contributed by atoms with E-state index in [0.29, 0.717) is 12.1 Å². The van der Waals surface area contributed by atoms with Crippen molar-refractivity contribution >= 4 is 17.9 Å². The maximum absolute atomic E-state index is 14.1. The highest BCUT2D eigenvalue weighted by Gasteiger charge is 2.36. The smallest absolute Gasteiger partial charge is 0.408 e. The number of phenols is 1. The van der Waals surface area contributed by atoms with E-state index in [9.17, 15) is 19.5 Å². The van der Waals surface area contributed by atoms with Crippen molar-refractivity contribution in [3.63, 3.8) is 0 Å². The summed E-state index contributed by atoms with van der Waals surface area (Å²) in [5, 5.41) is 15.4. The number of rotatable bonds is 12. The van der Waals surface area contributed by atoms with Gasteiger partial charge in [0.2, 0.25) is 11.8 Å². The topological polar surface area (TPSA) is 108 Å². The van der Waals surface area contributed by atoms with Gasteiger partial charge in [0.15, 0.2) is 0 Å². The van der Waals surface area contributed by atoms with Gasteiger partial charge >= 0.3 is 6.09 Å². The van der Waals surface area contributed by atoms with E-state index in [1.807, 2.05) is 38.1 Å². The average molecular weight is 524 g/mol. The first-order chi connectivity index (χ1) is 18.0. The molecule has 0 fully saturated rings. The van der Waals surface area contributed by atoms with Crippen LogP contribution in [0.2, 0.25) is 0 Å². The molecule has 3 N–H and O–H groups in total. The van der Waals surface area contributed by atoms with E-state index in [4.69, 9.17) is 4.74 Å². The molecule has 0 aromatic heterocycles. The van der Waals surface area contributed by atoms with E-state index < -0.39 is 29.7 Å². The predicted octanol–water partition coefficient (Wildman–Crippen LogP) is 4.81. The molecule has 8 nitrogen and oxygen atoms in total. The molecule has 0 bridgehead atoms. The second-order valence-electron chi connectivity index (χ2n) is 10.3. The van der Waals surface area contributed by atoms with Crippen LogP contribution < -0.4 is 10.6 Å². The van der Waals surface area contributed by atoms with Gasteiger partial charge in [-0.25, -0.2) is 4.79 Å². The van der Waals surface area contributed by atoms with Gasteiger partial charge in [-0.15, -0.1) is 6.58 Å². The zero-order valence-corrected chi connectivity index (χ0v) is 23.1. The Morgan fingerprint density at radius 3 is 2.34 bits per heavy atom. The number of alkyl carbamates (subject to hydrolysis) is 1. The number of carbonyl (C=O) groups is 3. The molecule has 0 saturated carbocycles. The maximum atomic E-state index is 14.1. The molecule has 2 unspecified atom stereocenters. The van der Waals surface area contributed by atoms with Gasteiger partial charge in [-0.1, -0.05) is 55.8 Å². The van der Waals surface area contributed by atoms with Crippen molar-refractivity contribution in [1.29, 1.82) is 0 Å². The SMILES string of the molecule is C=CCN(C(=O)C(Cc1ccc(O)cc1)NC(=O)OC(C)(C)C)C(C(=O)NCCCC)c1ccccc1C. The van der Waals surface area contributed by atoms with Crippen LogP contribution in [-0.4, -0.2) is 52.6 Å². The standard InChI is InChI=1S/C30H41N3O5/c1-7-9-18-31-27(35)26(24-13-11-10-12-21(24)3)33(19-8-2)28(36)25(32-29(37)38-30(4,5)6)20-22-14-16-23(34)17-15-22/h8,10-17,25-26,34H,2,7,9,18-20H2,1,3-6H3,(H,31,35)(H,32,37). The molecule has 0 saturated heterocycles. The van der Waals surface area contributed by atoms with E-state index in [2.05, 4.69) is 17.2 Å². The van der Waals surface area contributed by atoms with Crippen molar-refractivity contribution in [3.05, 3.63) is 77.9 Å². The fourth-order valence-electron chi connectivity index (χ4n) is 4.01. The second kappa shape index (κ2) is 14.2. The van der Waals surface area contributed by atoms with Gasteiger partial charge in [0, 0.05) is 19.5 Å². The fourth-order valence-corrected chi connectivity index (χ4v) is 4.01. The first-order valence-electron chi connectivity index (χ1n) is 13.0. The number of hydrogen-bond acceptors (Lipinski definition) is 5. The maximum Gasteiger partial charge on any atom is 0.408 e. The number of nitrogens with one attached hydrogen (secondary N) is 2. The van der Waals surface area contributed by atoms with Crippen molar-refractivity contribution in [1.82, 2.24) is 15.5 Å². The van der Waals surface area contributed by atoms with Crippen molar-refractivity contribution in [2.24, 2.45) is 0 Å². The normalized spacial score (nSPS) is 12.7. The Hall–Kier alpha value is -3.81. The van der Waals surface area contributed by atoms with E-state index in [-0.39, 0.29) is 24.6 Å². The van der Waals surface area contributed by atoms with Crippen LogP contribution in [0.5, 0.6) is 5.75 Å². The van der Waals surface area contributed by atoms with E-state index >= 15 is 0 Å². The molecule has 2 aromatic carbocycles. The van der Waals surface area contributed by atoms with Gasteiger partial charge < -0.3 is 25.4 Å². The van der Waals surface area contributed by atoms with E-state index in [1.165, 1.54) is 17.0 Å². The van der Waals surface area contributed by atoms with Crippen molar-refractivity contribution in [2.75, 3.05) is 13.1 Å². The van der Waals surface area contributed by atoms with Crippen LogP contribution in [0.3, 0.4) is 0 Å². The van der Waals surface area contributed by atoms with Crippen LogP contribution in [0.25, 0.3) is 0 Å². The zero-order chi connectivity index (χ0) is 28.3. The lowest BCUT2D eigenvalue weighted by atomic mass is 9.97. The molecule has 8 heteroatoms. The summed E-state index contributed by atoms with van der Waals surface area (Å²) in [6.07, 6.45) is 2.68. The molecular formula is C30H41N3O5. The van der Waals surface area contributed by atoms with Crippen LogP contribution in [0.4, 0.5) is 4.79 Å². The Labute approximate surface area is 226 Å². The summed E-state index contributed by atoms with van der Waals surface area (Å²) in [5.41, 5.74) is 1.51. The summed E-state index contributed by atoms with van der Waals surface area (Å²) >= 11 is 0. The first-order valence-corrected chi connectivity index (χ1v) is 13.0. The molecule has 0 aliphatic carbocycles. The van der Waals surface area contributed by atoms with Gasteiger partial charge in [-0.2, -0.15) is 0 Å². The van der Waals surface area contributed by atoms with Crippen molar-refractivity contribution in [2.45, 2.75) is 71.6 Å². The number of ether oxygens (including phenoxy) is 1. The minimum atomic E-state index is -1.04. The lowest BCUT2D eigenvalue weighted by Gasteiger charge is -2.34. The molecule has 3 amide bonds. The van der Waals surface area contributed by atoms with Crippen LogP contribution in [0.1, 0.15) is 63.3 Å². The van der Waals surface area contributed by atoms with Gasteiger partial charge in [-0.05, 0) is 62.9 Å². The van der Waals surface area contributed by atoms with Gasteiger partial charge in [0.25, 0.3) is 0 Å². The number of hydrogen-bond donors (Lipinski definition) is 3. The van der Waals surface area contributed by atoms with E-state index in [1.54, 1.807) is 39.0 Å². The molecule has 206 valence electrons. The Balaban J connectivity index is 2.51. The molecule has 0 aliphatic rings. The summed E-state index contributed by atoms with van der Waals surface area (Å²) in [7, 11) is 0. The van der Waals surface area contributed by atoms with Gasteiger partial charge in [0.1, 0.15) is 23.4 Å². The third-order valence-corrected chi connectivity index (χ3v) is 5.85. The third-order valence-electron chi connectivity index (χ3n) is 5.85. The van der Waals surface area contributed by atoms with Crippen LogP contribution in [-0.2, 0) is 20.7 Å². The fraction of sp³-hybridized carbons (Fsp3) is 0.433. The molecule has 0 aliphatic heterocycles. The number of amides is 3. The molecular weight excluding hydrogens is 482 g/mol. The molecule has 2 aromatic rings. The molecule has 0 radical (unpaired) electrons. The third kappa shape index (κ3) is 9.25. The minimum absolute atomic E-state index is 0.0844. The molecule has 2 rings (SSSR count). The van der Waals surface area contributed by atoms with Crippen molar-refractivity contribution < 1.29 is 24.2 Å². The summed E-state index contributed by atoms with van der Waals surface area (Å²) < 4.78 is 5.43. The molecule has 38 heavy (non-hydrogen) atoms. The molecule has 2 atom stereocenters. The molecule has 0 heterocycles.